The molecule has 11 heteroatoms. The fourth-order valence-electron chi connectivity index (χ4n) is 3.64. The Morgan fingerprint density at radius 2 is 1.84 bits per heavy atom. The van der Waals surface area contributed by atoms with Crippen LogP contribution in [0.15, 0.2) is 51.7 Å². The van der Waals surface area contributed by atoms with Gasteiger partial charge in [0.1, 0.15) is 22.6 Å². The lowest BCUT2D eigenvalue weighted by Gasteiger charge is -2.18. The minimum absolute atomic E-state index is 0.0134. The first-order valence-electron chi connectivity index (χ1n) is 11.3. The number of benzene rings is 2. The largest absolute Gasteiger partial charge is 0.487 e. The van der Waals surface area contributed by atoms with E-state index in [2.05, 4.69) is 31.3 Å². The van der Waals surface area contributed by atoms with Crippen molar-refractivity contribution in [2.24, 2.45) is 0 Å². The van der Waals surface area contributed by atoms with Gasteiger partial charge in [-0.25, -0.2) is 9.18 Å². The van der Waals surface area contributed by atoms with Gasteiger partial charge in [-0.15, -0.1) is 0 Å². The number of carbonyl (C=O) groups excluding carboxylic acids is 2. The SMILES string of the molecule is COC(=O)NCc1cc(F)ccc1COc1cc(C)n(-c2cc(C(=O)NCCO)ccc2C)c(=O)c1Br. The summed E-state index contributed by atoms with van der Waals surface area (Å²) in [5.74, 6) is -0.547. The number of aromatic nitrogens is 1. The molecule has 0 saturated heterocycles. The van der Waals surface area contributed by atoms with Gasteiger partial charge in [0.05, 0.1) is 19.4 Å². The van der Waals surface area contributed by atoms with E-state index < -0.39 is 17.5 Å². The molecule has 2 aromatic carbocycles. The van der Waals surface area contributed by atoms with E-state index in [9.17, 15) is 18.8 Å². The highest BCUT2D eigenvalue weighted by molar-refractivity contribution is 9.10. The fraction of sp³-hybridized carbons (Fsp3) is 0.269. The number of nitrogens with zero attached hydrogens (tertiary/aromatic N) is 1. The van der Waals surface area contributed by atoms with Crippen LogP contribution >= 0.6 is 15.9 Å². The van der Waals surface area contributed by atoms with Gasteiger partial charge in [0.15, 0.2) is 0 Å². The first kappa shape index (κ1) is 27.9. The van der Waals surface area contributed by atoms with E-state index in [0.29, 0.717) is 28.1 Å². The summed E-state index contributed by atoms with van der Waals surface area (Å²) >= 11 is 3.33. The van der Waals surface area contributed by atoms with Gasteiger partial charge in [0, 0.05) is 30.4 Å². The monoisotopic (exact) mass is 575 g/mol. The van der Waals surface area contributed by atoms with Gasteiger partial charge < -0.3 is 25.2 Å². The maximum Gasteiger partial charge on any atom is 0.407 e. The Bertz CT molecular complexity index is 1380. The molecular formula is C26H27BrFN3O6. The number of aliphatic hydroxyl groups is 1. The fourth-order valence-corrected chi connectivity index (χ4v) is 4.05. The first-order valence-corrected chi connectivity index (χ1v) is 12.1. The molecule has 0 spiro atoms. The Morgan fingerprint density at radius 1 is 1.08 bits per heavy atom. The Labute approximate surface area is 221 Å². The molecule has 0 fully saturated rings. The molecule has 3 rings (SSSR count). The van der Waals surface area contributed by atoms with Crippen molar-refractivity contribution in [1.82, 2.24) is 15.2 Å². The van der Waals surface area contributed by atoms with Crippen molar-refractivity contribution in [3.63, 3.8) is 0 Å². The normalized spacial score (nSPS) is 10.6. The van der Waals surface area contributed by atoms with Crippen molar-refractivity contribution >= 4 is 27.9 Å². The number of carbonyl (C=O) groups is 2. The molecule has 0 unspecified atom stereocenters. The van der Waals surface area contributed by atoms with Crippen LogP contribution < -0.4 is 20.9 Å². The van der Waals surface area contributed by atoms with Crippen LogP contribution in [0.25, 0.3) is 5.69 Å². The van der Waals surface area contributed by atoms with Crippen molar-refractivity contribution < 1.29 is 28.6 Å². The zero-order chi connectivity index (χ0) is 27.1. The summed E-state index contributed by atoms with van der Waals surface area (Å²) in [4.78, 5) is 37.1. The zero-order valence-electron chi connectivity index (χ0n) is 20.6. The Morgan fingerprint density at radius 3 is 2.54 bits per heavy atom. The summed E-state index contributed by atoms with van der Waals surface area (Å²) in [6.45, 7) is 3.55. The second-order valence-electron chi connectivity index (χ2n) is 8.13. The van der Waals surface area contributed by atoms with Crippen LogP contribution in [-0.2, 0) is 17.9 Å². The summed E-state index contributed by atoms with van der Waals surface area (Å²) in [5.41, 5.74) is 2.94. The minimum Gasteiger partial charge on any atom is -0.487 e. The van der Waals surface area contributed by atoms with Crippen LogP contribution in [0.1, 0.15) is 32.7 Å². The summed E-state index contributed by atoms with van der Waals surface area (Å²) in [6, 6.07) is 10.8. The average molecular weight is 576 g/mol. The molecule has 0 bridgehead atoms. The number of pyridine rings is 1. The number of nitrogens with one attached hydrogen (secondary N) is 2. The van der Waals surface area contributed by atoms with Crippen LogP contribution in [0.4, 0.5) is 9.18 Å². The predicted octanol–water partition coefficient (Wildman–Crippen LogP) is 3.51. The molecule has 0 saturated carbocycles. The minimum atomic E-state index is -0.650. The van der Waals surface area contributed by atoms with E-state index in [1.807, 2.05) is 6.92 Å². The predicted molar refractivity (Wildman–Crippen MR) is 139 cm³/mol. The highest BCUT2D eigenvalue weighted by Gasteiger charge is 2.17. The summed E-state index contributed by atoms with van der Waals surface area (Å²) in [5, 5.41) is 14.1. The zero-order valence-corrected chi connectivity index (χ0v) is 22.1. The summed E-state index contributed by atoms with van der Waals surface area (Å²) in [6.07, 6.45) is -0.650. The lowest BCUT2D eigenvalue weighted by atomic mass is 10.1. The molecule has 2 amide bonds. The van der Waals surface area contributed by atoms with Crippen LogP contribution in [0.3, 0.4) is 0 Å². The average Bonchev–Trinajstić information content (AvgIpc) is 2.88. The van der Waals surface area contributed by atoms with Crippen molar-refractivity contribution in [2.75, 3.05) is 20.3 Å². The second-order valence-corrected chi connectivity index (χ2v) is 8.93. The highest BCUT2D eigenvalue weighted by atomic mass is 79.9. The standard InChI is InChI=1S/C26H27BrFN3O6/c1-15-4-5-17(24(33)29-8-9-32)12-21(15)31-16(2)10-22(23(27)25(31)34)37-14-18-6-7-20(28)11-19(18)13-30-26(35)36-3/h4-7,10-12,32H,8-9,13-14H2,1-3H3,(H,29,33)(H,30,35). The van der Waals surface area contributed by atoms with Gasteiger partial charge in [-0.3, -0.25) is 14.2 Å². The highest BCUT2D eigenvalue weighted by Crippen LogP contribution is 2.27. The molecule has 37 heavy (non-hydrogen) atoms. The molecule has 196 valence electrons. The number of hydrogen-bond acceptors (Lipinski definition) is 6. The number of aryl methyl sites for hydroxylation is 2. The quantitative estimate of drug-likeness (QED) is 0.359. The van der Waals surface area contributed by atoms with Crippen molar-refractivity contribution in [3.8, 4) is 11.4 Å². The molecule has 3 N–H and O–H groups in total. The van der Waals surface area contributed by atoms with Crippen molar-refractivity contribution in [1.29, 1.82) is 0 Å². The number of aliphatic hydroxyl groups excluding tert-OH is 1. The number of hydrogen-bond donors (Lipinski definition) is 3. The number of ether oxygens (including phenoxy) is 2. The maximum absolute atomic E-state index is 13.8. The third kappa shape index (κ3) is 6.75. The van der Waals surface area contributed by atoms with E-state index in [1.54, 1.807) is 37.3 Å². The summed E-state index contributed by atoms with van der Waals surface area (Å²) < 4.78 is 25.9. The molecular weight excluding hydrogens is 549 g/mol. The number of halogens is 2. The lowest BCUT2D eigenvalue weighted by molar-refractivity contribution is 0.0944. The van der Waals surface area contributed by atoms with E-state index >= 15 is 0 Å². The topological polar surface area (TPSA) is 119 Å². The van der Waals surface area contributed by atoms with Crippen LogP contribution in [-0.4, -0.2) is 41.9 Å². The molecule has 1 heterocycles. The number of amides is 2. The Balaban J connectivity index is 1.90. The van der Waals surface area contributed by atoms with E-state index in [0.717, 1.165) is 5.56 Å². The van der Waals surface area contributed by atoms with Gasteiger partial charge in [0.2, 0.25) is 0 Å². The molecule has 0 radical (unpaired) electrons. The molecule has 0 aliphatic carbocycles. The lowest BCUT2D eigenvalue weighted by Crippen LogP contribution is -2.27. The Kier molecular flexibility index (Phi) is 9.42. The van der Waals surface area contributed by atoms with E-state index in [-0.39, 0.29) is 42.4 Å². The van der Waals surface area contributed by atoms with Crippen LogP contribution in [0, 0.1) is 19.7 Å². The van der Waals surface area contributed by atoms with Gasteiger partial charge in [-0.1, -0.05) is 12.1 Å². The van der Waals surface area contributed by atoms with E-state index in [1.165, 1.54) is 23.8 Å². The van der Waals surface area contributed by atoms with Crippen molar-refractivity contribution in [3.05, 3.63) is 91.1 Å². The van der Waals surface area contributed by atoms with Crippen LogP contribution in [0.5, 0.6) is 5.75 Å². The van der Waals surface area contributed by atoms with Crippen molar-refractivity contribution in [2.45, 2.75) is 27.0 Å². The molecule has 1 aromatic heterocycles. The van der Waals surface area contributed by atoms with Crippen LogP contribution in [0.2, 0.25) is 0 Å². The molecule has 9 nitrogen and oxygen atoms in total. The summed E-state index contributed by atoms with van der Waals surface area (Å²) in [7, 11) is 1.23. The molecule has 0 aliphatic rings. The van der Waals surface area contributed by atoms with Gasteiger partial charge >= 0.3 is 6.09 Å². The number of alkyl carbamates (subject to hydrolysis) is 1. The van der Waals surface area contributed by atoms with Gasteiger partial charge in [-0.2, -0.15) is 0 Å². The van der Waals surface area contributed by atoms with E-state index in [4.69, 9.17) is 9.84 Å². The third-order valence-corrected chi connectivity index (χ3v) is 6.30. The van der Waals surface area contributed by atoms with Gasteiger partial charge in [0.25, 0.3) is 11.5 Å². The first-order chi connectivity index (χ1) is 17.7. The number of rotatable bonds is 9. The molecule has 0 aliphatic heterocycles. The smallest absolute Gasteiger partial charge is 0.407 e. The van der Waals surface area contributed by atoms with Gasteiger partial charge in [-0.05, 0) is 70.7 Å². The molecule has 3 aromatic rings. The number of methoxy groups -OCH3 is 1. The third-order valence-electron chi connectivity index (χ3n) is 5.57. The maximum atomic E-state index is 13.8. The molecule has 0 atom stereocenters. The second kappa shape index (κ2) is 12.5. The Hall–Kier alpha value is -3.70.